The number of fused-ring (bicyclic) bond motifs is 1. The molecule has 17 heavy (non-hydrogen) atoms. The summed E-state index contributed by atoms with van der Waals surface area (Å²) in [5, 5.41) is 10.7. The quantitative estimate of drug-likeness (QED) is 0.468. The van der Waals surface area contributed by atoms with Gasteiger partial charge in [0.15, 0.2) is 0 Å². The molecular weight excluding hydrogens is 270 g/mol. The molecule has 0 amide bonds. The van der Waals surface area contributed by atoms with Crippen LogP contribution in [0.3, 0.4) is 0 Å². The lowest BCUT2D eigenvalue weighted by Gasteiger charge is -2.18. The fourth-order valence-corrected chi connectivity index (χ4v) is 2.73. The average molecular weight is 278 g/mol. The summed E-state index contributed by atoms with van der Waals surface area (Å²) in [6.07, 6.45) is 1.23. The van der Waals surface area contributed by atoms with E-state index in [1.54, 1.807) is 0 Å². The molecule has 0 fully saturated rings. The number of aryl methyl sites for hydroxylation is 1. The molecule has 0 aromatic heterocycles. The van der Waals surface area contributed by atoms with Gasteiger partial charge in [0.2, 0.25) is 0 Å². The Morgan fingerprint density at radius 2 is 2.12 bits per heavy atom. The summed E-state index contributed by atoms with van der Waals surface area (Å²) in [7, 11) is 1.18. The highest BCUT2D eigenvalue weighted by atomic mass is 35.7. The van der Waals surface area contributed by atoms with Gasteiger partial charge in [0.25, 0.3) is 14.7 Å². The minimum absolute atomic E-state index is 0.136. The topological polar surface area (TPSA) is 86.5 Å². The monoisotopic (exact) mass is 277 g/mol. The number of nitro benzene ring substituents is 1. The van der Waals surface area contributed by atoms with Gasteiger partial charge >= 0.3 is 0 Å². The van der Waals surface area contributed by atoms with E-state index in [1.807, 2.05) is 0 Å². The Bertz CT molecular complexity index is 583. The Kier molecular flexibility index (Phi) is 2.96. The van der Waals surface area contributed by atoms with Crippen LogP contribution < -0.4 is 4.74 Å². The minimum Gasteiger partial charge on any atom is -0.492 e. The van der Waals surface area contributed by atoms with Gasteiger partial charge in [-0.2, -0.15) is 0 Å². The number of ether oxygens (including phenoxy) is 1. The van der Waals surface area contributed by atoms with Gasteiger partial charge in [0.05, 0.1) is 11.5 Å². The highest BCUT2D eigenvalue weighted by Crippen LogP contribution is 2.37. The molecule has 0 aliphatic carbocycles. The van der Waals surface area contributed by atoms with Crippen molar-refractivity contribution in [3.8, 4) is 5.75 Å². The van der Waals surface area contributed by atoms with Crippen molar-refractivity contribution < 1.29 is 18.1 Å². The van der Waals surface area contributed by atoms with Crippen LogP contribution >= 0.6 is 10.7 Å². The largest absolute Gasteiger partial charge is 0.492 e. The third-order valence-electron chi connectivity index (χ3n) is 2.43. The molecule has 0 saturated carbocycles. The van der Waals surface area contributed by atoms with Crippen molar-refractivity contribution >= 4 is 25.4 Å². The van der Waals surface area contributed by atoms with E-state index in [1.165, 1.54) is 6.07 Å². The summed E-state index contributed by atoms with van der Waals surface area (Å²) >= 11 is 0. The molecule has 0 radical (unpaired) electrons. The molecule has 1 aromatic carbocycles. The van der Waals surface area contributed by atoms with E-state index in [2.05, 4.69) is 0 Å². The van der Waals surface area contributed by atoms with Gasteiger partial charge in [-0.05, 0) is 12.8 Å². The van der Waals surface area contributed by atoms with Crippen molar-refractivity contribution in [2.45, 2.75) is 17.7 Å². The third-order valence-corrected chi connectivity index (χ3v) is 3.75. The van der Waals surface area contributed by atoms with Crippen LogP contribution in [-0.2, 0) is 15.5 Å². The Hall–Kier alpha value is -1.34. The summed E-state index contributed by atoms with van der Waals surface area (Å²) in [6, 6.07) is 2.24. The molecule has 92 valence electrons. The maximum Gasteiger partial charge on any atom is 0.271 e. The lowest BCUT2D eigenvalue weighted by molar-refractivity contribution is -0.385. The number of halogens is 1. The van der Waals surface area contributed by atoms with E-state index in [0.717, 1.165) is 6.07 Å². The average Bonchev–Trinajstić information content (AvgIpc) is 2.26. The predicted molar refractivity (Wildman–Crippen MR) is 60.0 cm³/mol. The fourth-order valence-electron chi connectivity index (χ4n) is 1.72. The second-order valence-electron chi connectivity index (χ2n) is 3.58. The molecular formula is C9H8ClNO5S. The molecule has 0 spiro atoms. The number of nitro groups is 1. The summed E-state index contributed by atoms with van der Waals surface area (Å²) < 4.78 is 27.9. The van der Waals surface area contributed by atoms with Crippen LogP contribution in [0, 0.1) is 10.1 Å². The fraction of sp³-hybridized carbons (Fsp3) is 0.333. The zero-order chi connectivity index (χ0) is 12.6. The molecule has 1 heterocycles. The van der Waals surface area contributed by atoms with Gasteiger partial charge in [-0.1, -0.05) is 0 Å². The predicted octanol–water partition coefficient (Wildman–Crippen LogP) is 1.85. The van der Waals surface area contributed by atoms with Crippen LogP contribution in [0.2, 0.25) is 0 Å². The Morgan fingerprint density at radius 1 is 1.41 bits per heavy atom. The van der Waals surface area contributed by atoms with E-state index in [-0.39, 0.29) is 16.3 Å². The van der Waals surface area contributed by atoms with E-state index < -0.39 is 14.0 Å². The van der Waals surface area contributed by atoms with Crippen LogP contribution in [-0.4, -0.2) is 19.9 Å². The molecule has 2 rings (SSSR count). The minimum atomic E-state index is -4.06. The number of nitrogens with zero attached hydrogens (tertiary/aromatic N) is 1. The zero-order valence-corrected chi connectivity index (χ0v) is 10.1. The third kappa shape index (κ3) is 2.34. The summed E-state index contributed by atoms with van der Waals surface area (Å²) in [5.74, 6) is 0.136. The van der Waals surface area contributed by atoms with Crippen molar-refractivity contribution in [1.29, 1.82) is 0 Å². The van der Waals surface area contributed by atoms with Gasteiger partial charge in [-0.25, -0.2) is 8.42 Å². The summed E-state index contributed by atoms with van der Waals surface area (Å²) in [4.78, 5) is 9.71. The van der Waals surface area contributed by atoms with E-state index >= 15 is 0 Å². The highest BCUT2D eigenvalue weighted by molar-refractivity contribution is 8.13. The van der Waals surface area contributed by atoms with Gasteiger partial charge < -0.3 is 4.74 Å². The van der Waals surface area contributed by atoms with Crippen molar-refractivity contribution in [2.75, 3.05) is 6.61 Å². The molecule has 0 bridgehead atoms. The maximum atomic E-state index is 11.3. The molecule has 1 aliphatic rings. The summed E-state index contributed by atoms with van der Waals surface area (Å²) in [6.45, 7) is 0.379. The Morgan fingerprint density at radius 3 is 2.71 bits per heavy atom. The van der Waals surface area contributed by atoms with Gasteiger partial charge in [-0.15, -0.1) is 0 Å². The summed E-state index contributed by atoms with van der Waals surface area (Å²) in [5.41, 5.74) is 0.207. The normalized spacial score (nSPS) is 14.9. The first-order chi connectivity index (χ1) is 7.89. The van der Waals surface area contributed by atoms with Crippen LogP contribution in [0.1, 0.15) is 12.0 Å². The van der Waals surface area contributed by atoms with Crippen LogP contribution in [0.25, 0.3) is 0 Å². The molecule has 1 aromatic rings. The van der Waals surface area contributed by atoms with E-state index in [9.17, 15) is 18.5 Å². The number of hydrogen-bond acceptors (Lipinski definition) is 5. The van der Waals surface area contributed by atoms with E-state index in [4.69, 9.17) is 15.4 Å². The zero-order valence-electron chi connectivity index (χ0n) is 8.55. The smallest absolute Gasteiger partial charge is 0.271 e. The number of non-ortho nitro benzene ring substituents is 1. The lowest BCUT2D eigenvalue weighted by Crippen LogP contribution is -2.12. The van der Waals surface area contributed by atoms with Crippen LogP contribution in [0.15, 0.2) is 17.0 Å². The molecule has 0 N–H and O–H groups in total. The van der Waals surface area contributed by atoms with Gasteiger partial charge in [0, 0.05) is 28.4 Å². The number of hydrogen-bond donors (Lipinski definition) is 0. The number of benzene rings is 1. The van der Waals surface area contributed by atoms with Crippen molar-refractivity contribution in [2.24, 2.45) is 0 Å². The van der Waals surface area contributed by atoms with Gasteiger partial charge in [-0.3, -0.25) is 10.1 Å². The molecule has 1 aliphatic heterocycles. The highest BCUT2D eigenvalue weighted by Gasteiger charge is 2.26. The maximum absolute atomic E-state index is 11.3. The standard InChI is InChI=1S/C9H8ClNO5S/c10-17(14,15)8-5-7(11(12)13)4-6-2-1-3-16-9(6)8/h4-5H,1-3H2. The number of rotatable bonds is 2. The second-order valence-corrected chi connectivity index (χ2v) is 6.11. The molecule has 8 heteroatoms. The lowest BCUT2D eigenvalue weighted by atomic mass is 10.1. The Balaban J connectivity index is 2.71. The van der Waals surface area contributed by atoms with Crippen LogP contribution in [0.5, 0.6) is 5.75 Å². The van der Waals surface area contributed by atoms with Crippen molar-refractivity contribution in [3.63, 3.8) is 0 Å². The van der Waals surface area contributed by atoms with Gasteiger partial charge in [0.1, 0.15) is 10.6 Å². The first-order valence-corrected chi connectivity index (χ1v) is 7.09. The first-order valence-electron chi connectivity index (χ1n) is 4.78. The molecule has 6 nitrogen and oxygen atoms in total. The Labute approximate surface area is 102 Å². The van der Waals surface area contributed by atoms with Crippen molar-refractivity contribution in [3.05, 3.63) is 27.8 Å². The second kappa shape index (κ2) is 4.15. The van der Waals surface area contributed by atoms with Crippen molar-refractivity contribution in [1.82, 2.24) is 0 Å². The SMILES string of the molecule is O=[N+]([O-])c1cc2c(c(S(=O)(=O)Cl)c1)OCCC2. The molecule has 0 saturated heterocycles. The van der Waals surface area contributed by atoms with E-state index in [0.29, 0.717) is 25.0 Å². The first kappa shape index (κ1) is 12.1. The molecule has 0 atom stereocenters. The molecule has 0 unspecified atom stereocenters. The van der Waals surface area contributed by atoms with Crippen LogP contribution in [0.4, 0.5) is 5.69 Å².